The van der Waals surface area contributed by atoms with Crippen LogP contribution >= 0.6 is 15.9 Å². The lowest BCUT2D eigenvalue weighted by Crippen LogP contribution is -1.93. The smallest absolute Gasteiger partial charge is 0.404 e. The molecule has 0 aliphatic carbocycles. The van der Waals surface area contributed by atoms with Crippen LogP contribution in [-0.4, -0.2) is 4.92 Å². The first-order valence-corrected chi connectivity index (χ1v) is 6.64. The molecule has 98 valence electrons. The van der Waals surface area contributed by atoms with Gasteiger partial charge in [0.05, 0.1) is 24.1 Å². The van der Waals surface area contributed by atoms with E-state index in [0.717, 1.165) is 11.1 Å². The van der Waals surface area contributed by atoms with E-state index in [4.69, 9.17) is 9.15 Å². The molecular formula is C13H10BrNO4. The van der Waals surface area contributed by atoms with E-state index in [1.807, 2.05) is 18.2 Å². The van der Waals surface area contributed by atoms with Gasteiger partial charge in [0.1, 0.15) is 10.7 Å². The van der Waals surface area contributed by atoms with Crippen molar-refractivity contribution in [2.75, 3.05) is 0 Å². The summed E-state index contributed by atoms with van der Waals surface area (Å²) in [5.41, 5.74) is 3.34. The molecule has 5 nitrogen and oxygen atoms in total. The van der Waals surface area contributed by atoms with Crippen molar-refractivity contribution in [3.63, 3.8) is 0 Å². The molecular weight excluding hydrogens is 314 g/mol. The number of benzene rings is 1. The predicted molar refractivity (Wildman–Crippen MR) is 71.1 cm³/mol. The fraction of sp³-hybridized carbons (Fsp3) is 0.231. The number of nitro groups is 1. The summed E-state index contributed by atoms with van der Waals surface area (Å²) in [5, 5.41) is 10.6. The zero-order valence-corrected chi connectivity index (χ0v) is 11.4. The average molecular weight is 324 g/mol. The standard InChI is InChI=1S/C13H10BrNO4/c14-13(11-3-4-12(19-11)15(16)17)8-1-2-9-6-18-7-10(9)5-8/h1-5,13H,6-7H2. The van der Waals surface area contributed by atoms with Gasteiger partial charge in [-0.25, -0.2) is 0 Å². The Labute approximate surface area is 117 Å². The van der Waals surface area contributed by atoms with Crippen LogP contribution in [-0.2, 0) is 18.0 Å². The van der Waals surface area contributed by atoms with Gasteiger partial charge in [-0.3, -0.25) is 10.1 Å². The first kappa shape index (κ1) is 12.4. The van der Waals surface area contributed by atoms with Crippen molar-refractivity contribution in [3.8, 4) is 0 Å². The molecule has 0 fully saturated rings. The van der Waals surface area contributed by atoms with Gasteiger partial charge in [0.15, 0.2) is 0 Å². The molecule has 19 heavy (non-hydrogen) atoms. The highest BCUT2D eigenvalue weighted by Crippen LogP contribution is 2.35. The van der Waals surface area contributed by atoms with Gasteiger partial charge in [-0.05, 0) is 22.8 Å². The molecule has 1 aromatic heterocycles. The Hall–Kier alpha value is -1.66. The maximum atomic E-state index is 10.6. The van der Waals surface area contributed by atoms with Gasteiger partial charge >= 0.3 is 5.88 Å². The monoisotopic (exact) mass is 323 g/mol. The molecule has 0 amide bonds. The predicted octanol–water partition coefficient (Wildman–Crippen LogP) is 3.70. The molecule has 1 aromatic carbocycles. The van der Waals surface area contributed by atoms with Crippen molar-refractivity contribution in [2.45, 2.75) is 18.0 Å². The molecule has 0 radical (unpaired) electrons. The maximum absolute atomic E-state index is 10.6. The van der Waals surface area contributed by atoms with Crippen molar-refractivity contribution in [1.29, 1.82) is 0 Å². The van der Waals surface area contributed by atoms with E-state index in [0.29, 0.717) is 19.0 Å². The summed E-state index contributed by atoms with van der Waals surface area (Å²) in [7, 11) is 0. The molecule has 0 saturated carbocycles. The van der Waals surface area contributed by atoms with E-state index in [2.05, 4.69) is 15.9 Å². The molecule has 0 saturated heterocycles. The van der Waals surface area contributed by atoms with E-state index in [9.17, 15) is 10.1 Å². The zero-order valence-electron chi connectivity index (χ0n) is 9.84. The van der Waals surface area contributed by atoms with Gasteiger partial charge in [-0.15, -0.1) is 0 Å². The molecule has 0 N–H and O–H groups in total. The number of halogens is 1. The van der Waals surface area contributed by atoms with Crippen molar-refractivity contribution < 1.29 is 14.1 Å². The third-order valence-corrected chi connectivity index (χ3v) is 4.06. The average Bonchev–Trinajstić information content (AvgIpc) is 3.06. The minimum atomic E-state index is -0.542. The van der Waals surface area contributed by atoms with Gasteiger partial charge in [-0.2, -0.15) is 0 Å². The second kappa shape index (κ2) is 4.79. The van der Waals surface area contributed by atoms with Gasteiger partial charge in [0.25, 0.3) is 0 Å². The molecule has 1 atom stereocenters. The number of hydrogen-bond donors (Lipinski definition) is 0. The molecule has 1 aliphatic heterocycles. The SMILES string of the molecule is O=[N+]([O-])c1ccc(C(Br)c2ccc3c(c2)COC3)o1. The Morgan fingerprint density at radius 2 is 2.00 bits per heavy atom. The summed E-state index contributed by atoms with van der Waals surface area (Å²) in [4.78, 5) is 9.86. The van der Waals surface area contributed by atoms with Crippen LogP contribution in [0.2, 0.25) is 0 Å². The number of alkyl halides is 1. The highest BCUT2D eigenvalue weighted by molar-refractivity contribution is 9.09. The molecule has 2 heterocycles. The molecule has 2 aromatic rings. The molecule has 3 rings (SSSR count). The van der Waals surface area contributed by atoms with Gasteiger partial charge in [-0.1, -0.05) is 34.1 Å². The van der Waals surface area contributed by atoms with Crippen molar-refractivity contribution in [2.24, 2.45) is 0 Å². The number of ether oxygens (including phenoxy) is 1. The molecule has 0 bridgehead atoms. The second-order valence-electron chi connectivity index (χ2n) is 4.32. The van der Waals surface area contributed by atoms with Crippen molar-refractivity contribution in [1.82, 2.24) is 0 Å². The van der Waals surface area contributed by atoms with Gasteiger partial charge in [0, 0.05) is 0 Å². The first-order chi connectivity index (χ1) is 9.15. The summed E-state index contributed by atoms with van der Waals surface area (Å²) in [5.74, 6) is 0.273. The zero-order chi connectivity index (χ0) is 13.4. The lowest BCUT2D eigenvalue weighted by Gasteiger charge is -2.08. The van der Waals surface area contributed by atoms with Crippen molar-refractivity contribution in [3.05, 3.63) is 62.9 Å². The van der Waals surface area contributed by atoms with E-state index >= 15 is 0 Å². The fourth-order valence-corrected chi connectivity index (χ4v) is 2.62. The molecule has 1 unspecified atom stereocenters. The van der Waals surface area contributed by atoms with E-state index in [-0.39, 0.29) is 10.7 Å². The molecule has 6 heteroatoms. The number of fused-ring (bicyclic) bond motifs is 1. The Balaban J connectivity index is 1.90. The normalized spacial score (nSPS) is 15.2. The second-order valence-corrected chi connectivity index (χ2v) is 5.23. The van der Waals surface area contributed by atoms with E-state index in [1.54, 1.807) is 6.07 Å². The van der Waals surface area contributed by atoms with Crippen molar-refractivity contribution >= 4 is 21.8 Å². The Morgan fingerprint density at radius 1 is 1.21 bits per heavy atom. The minimum absolute atomic E-state index is 0.202. The van der Waals surface area contributed by atoms with Crippen LogP contribution in [0.5, 0.6) is 0 Å². The number of nitrogens with zero attached hydrogens (tertiary/aromatic N) is 1. The highest BCUT2D eigenvalue weighted by atomic mass is 79.9. The van der Waals surface area contributed by atoms with Crippen LogP contribution in [0.3, 0.4) is 0 Å². The van der Waals surface area contributed by atoms with E-state index in [1.165, 1.54) is 11.6 Å². The minimum Gasteiger partial charge on any atom is -0.404 e. The van der Waals surface area contributed by atoms with Crippen LogP contribution < -0.4 is 0 Å². The third-order valence-electron chi connectivity index (χ3n) is 3.08. The summed E-state index contributed by atoms with van der Waals surface area (Å²) < 4.78 is 10.6. The Morgan fingerprint density at radius 3 is 2.74 bits per heavy atom. The largest absolute Gasteiger partial charge is 0.433 e. The molecule has 0 spiro atoms. The Bertz CT molecular complexity index is 637. The summed E-state index contributed by atoms with van der Waals surface area (Å²) >= 11 is 3.51. The van der Waals surface area contributed by atoms with Crippen LogP contribution in [0.25, 0.3) is 0 Å². The topological polar surface area (TPSA) is 65.5 Å². The first-order valence-electron chi connectivity index (χ1n) is 5.73. The lowest BCUT2D eigenvalue weighted by atomic mass is 10.0. The summed E-state index contributed by atoms with van der Waals surface area (Å²) in [6.45, 7) is 1.26. The summed E-state index contributed by atoms with van der Waals surface area (Å²) in [6, 6.07) is 9.00. The summed E-state index contributed by atoms with van der Waals surface area (Å²) in [6.07, 6.45) is 0. The fourth-order valence-electron chi connectivity index (χ4n) is 2.09. The quantitative estimate of drug-likeness (QED) is 0.490. The van der Waals surface area contributed by atoms with E-state index < -0.39 is 4.92 Å². The van der Waals surface area contributed by atoms with Crippen LogP contribution in [0.1, 0.15) is 27.3 Å². The number of furan rings is 1. The number of hydrogen-bond acceptors (Lipinski definition) is 4. The lowest BCUT2D eigenvalue weighted by molar-refractivity contribution is -0.402. The van der Waals surface area contributed by atoms with Gasteiger partial charge in [0.2, 0.25) is 0 Å². The molecule has 1 aliphatic rings. The number of rotatable bonds is 3. The highest BCUT2D eigenvalue weighted by Gasteiger charge is 2.21. The van der Waals surface area contributed by atoms with Crippen LogP contribution in [0, 0.1) is 10.1 Å². The Kier molecular flexibility index (Phi) is 3.12. The van der Waals surface area contributed by atoms with Crippen LogP contribution in [0.15, 0.2) is 34.7 Å². The third kappa shape index (κ3) is 2.29. The maximum Gasteiger partial charge on any atom is 0.433 e. The van der Waals surface area contributed by atoms with Crippen LogP contribution in [0.4, 0.5) is 5.88 Å². The van der Waals surface area contributed by atoms with Gasteiger partial charge < -0.3 is 9.15 Å².